The number of rotatable bonds is 3. The molecule has 3 aromatic rings. The zero-order chi connectivity index (χ0) is 13.2. The van der Waals surface area contributed by atoms with Crippen LogP contribution < -0.4 is 11.1 Å². The molecule has 0 spiro atoms. The molecule has 0 aliphatic rings. The number of nitrogens with two attached hydrogens (primary N) is 1. The number of fused-ring (bicyclic) bond motifs is 1. The van der Waals surface area contributed by atoms with Gasteiger partial charge in [-0.05, 0) is 13.0 Å². The number of aryl methyl sites for hydroxylation is 1. The van der Waals surface area contributed by atoms with Crippen molar-refractivity contribution in [3.05, 3.63) is 47.9 Å². The highest BCUT2D eigenvalue weighted by molar-refractivity contribution is 5.96. The van der Waals surface area contributed by atoms with Gasteiger partial charge in [-0.1, -0.05) is 18.2 Å². The molecule has 0 radical (unpaired) electrons. The Morgan fingerprint density at radius 3 is 2.89 bits per heavy atom. The van der Waals surface area contributed by atoms with Gasteiger partial charge in [-0.15, -0.1) is 0 Å². The summed E-state index contributed by atoms with van der Waals surface area (Å²) in [6.45, 7) is 2.68. The number of H-pyrrole nitrogens is 1. The van der Waals surface area contributed by atoms with Gasteiger partial charge in [0.25, 0.3) is 0 Å². The molecule has 0 aliphatic carbocycles. The summed E-state index contributed by atoms with van der Waals surface area (Å²) in [5.74, 6) is 0. The van der Waals surface area contributed by atoms with Crippen LogP contribution in [0.5, 0.6) is 0 Å². The van der Waals surface area contributed by atoms with Crippen molar-refractivity contribution in [3.8, 4) is 0 Å². The van der Waals surface area contributed by atoms with Gasteiger partial charge in [0, 0.05) is 23.2 Å². The third-order valence-corrected chi connectivity index (χ3v) is 3.19. The van der Waals surface area contributed by atoms with E-state index in [0.717, 1.165) is 27.8 Å². The maximum Gasteiger partial charge on any atom is 0.0743 e. The number of pyridine rings is 1. The Labute approximate surface area is 110 Å². The fourth-order valence-electron chi connectivity index (χ4n) is 2.09. The van der Waals surface area contributed by atoms with Crippen LogP contribution in [0.1, 0.15) is 11.3 Å². The Kier molecular flexibility index (Phi) is 2.79. The van der Waals surface area contributed by atoms with Crippen molar-refractivity contribution >= 4 is 22.3 Å². The van der Waals surface area contributed by atoms with Gasteiger partial charge < -0.3 is 11.1 Å². The maximum absolute atomic E-state index is 6.02. The van der Waals surface area contributed by atoms with Crippen LogP contribution in [0.25, 0.3) is 10.9 Å². The lowest BCUT2D eigenvalue weighted by Crippen LogP contribution is -2.04. The molecule has 0 amide bonds. The molecule has 0 saturated carbocycles. The molecule has 5 heteroatoms. The van der Waals surface area contributed by atoms with Gasteiger partial charge in [-0.2, -0.15) is 5.10 Å². The second-order valence-corrected chi connectivity index (χ2v) is 4.48. The lowest BCUT2D eigenvalue weighted by molar-refractivity contribution is 1.04. The van der Waals surface area contributed by atoms with E-state index in [4.69, 9.17) is 5.73 Å². The van der Waals surface area contributed by atoms with Gasteiger partial charge in [0.05, 0.1) is 29.3 Å². The molecule has 0 atom stereocenters. The molecule has 0 fully saturated rings. The molecule has 1 aromatic carbocycles. The van der Waals surface area contributed by atoms with Crippen LogP contribution in [0.4, 0.5) is 11.4 Å². The number of nitrogens with one attached hydrogen (secondary N) is 2. The summed E-state index contributed by atoms with van der Waals surface area (Å²) in [4.78, 5) is 4.32. The summed E-state index contributed by atoms with van der Waals surface area (Å²) in [6, 6.07) is 7.94. The van der Waals surface area contributed by atoms with E-state index in [0.29, 0.717) is 12.2 Å². The van der Waals surface area contributed by atoms with Gasteiger partial charge in [0.2, 0.25) is 0 Å². The van der Waals surface area contributed by atoms with Crippen molar-refractivity contribution < 1.29 is 0 Å². The van der Waals surface area contributed by atoms with E-state index in [-0.39, 0.29) is 0 Å². The normalized spacial score (nSPS) is 10.8. The van der Waals surface area contributed by atoms with Crippen LogP contribution in [0, 0.1) is 6.92 Å². The van der Waals surface area contributed by atoms with E-state index >= 15 is 0 Å². The Balaban J connectivity index is 1.96. The number of aromatic amines is 1. The molecular weight excluding hydrogens is 238 g/mol. The number of nitrogens with zero attached hydrogens (tertiary/aromatic N) is 2. The van der Waals surface area contributed by atoms with E-state index in [1.54, 1.807) is 6.20 Å². The summed E-state index contributed by atoms with van der Waals surface area (Å²) < 4.78 is 0. The molecule has 96 valence electrons. The minimum absolute atomic E-state index is 0.653. The molecule has 5 nitrogen and oxygen atoms in total. The SMILES string of the molecule is Cc1[nH]ncc1CNc1c(N)cnc2ccccc12. The molecule has 2 heterocycles. The lowest BCUT2D eigenvalue weighted by Gasteiger charge is -2.11. The number of benzene rings is 1. The predicted octanol–water partition coefficient (Wildman–Crippen LogP) is 2.46. The maximum atomic E-state index is 6.02. The van der Waals surface area contributed by atoms with Crippen molar-refractivity contribution in [1.82, 2.24) is 15.2 Å². The van der Waals surface area contributed by atoms with Crippen LogP contribution in [-0.4, -0.2) is 15.2 Å². The van der Waals surface area contributed by atoms with Crippen LogP contribution in [0.15, 0.2) is 36.7 Å². The summed E-state index contributed by atoms with van der Waals surface area (Å²) in [7, 11) is 0. The molecule has 2 aromatic heterocycles. The monoisotopic (exact) mass is 253 g/mol. The molecule has 0 unspecified atom stereocenters. The van der Waals surface area contributed by atoms with Crippen molar-refractivity contribution in [2.75, 3.05) is 11.1 Å². The molecule has 0 bridgehead atoms. The second-order valence-electron chi connectivity index (χ2n) is 4.48. The summed E-state index contributed by atoms with van der Waals surface area (Å²) in [5.41, 5.74) is 10.7. The summed E-state index contributed by atoms with van der Waals surface area (Å²) in [6.07, 6.45) is 3.51. The summed E-state index contributed by atoms with van der Waals surface area (Å²) >= 11 is 0. The first kappa shape index (κ1) is 11.5. The fraction of sp³-hybridized carbons (Fsp3) is 0.143. The van der Waals surface area contributed by atoms with E-state index in [1.807, 2.05) is 37.4 Å². The van der Waals surface area contributed by atoms with Crippen molar-refractivity contribution in [1.29, 1.82) is 0 Å². The Morgan fingerprint density at radius 2 is 2.11 bits per heavy atom. The minimum Gasteiger partial charge on any atom is -0.396 e. The zero-order valence-electron chi connectivity index (χ0n) is 10.6. The third-order valence-electron chi connectivity index (χ3n) is 3.19. The van der Waals surface area contributed by atoms with Crippen LogP contribution in [0.2, 0.25) is 0 Å². The molecule has 3 rings (SSSR count). The molecule has 4 N–H and O–H groups in total. The first-order valence-electron chi connectivity index (χ1n) is 6.11. The highest BCUT2D eigenvalue weighted by atomic mass is 15.1. The lowest BCUT2D eigenvalue weighted by atomic mass is 10.1. The van der Waals surface area contributed by atoms with Gasteiger partial charge >= 0.3 is 0 Å². The minimum atomic E-state index is 0.653. The number of nitrogen functional groups attached to an aromatic ring is 1. The topological polar surface area (TPSA) is 79.6 Å². The summed E-state index contributed by atoms with van der Waals surface area (Å²) in [5, 5.41) is 11.3. The Morgan fingerprint density at radius 1 is 1.26 bits per heavy atom. The van der Waals surface area contributed by atoms with Gasteiger partial charge in [0.1, 0.15) is 0 Å². The molecule has 19 heavy (non-hydrogen) atoms. The van der Waals surface area contributed by atoms with E-state index in [2.05, 4.69) is 20.5 Å². The predicted molar refractivity (Wildman–Crippen MR) is 76.8 cm³/mol. The van der Waals surface area contributed by atoms with E-state index < -0.39 is 0 Å². The van der Waals surface area contributed by atoms with Crippen molar-refractivity contribution in [3.63, 3.8) is 0 Å². The van der Waals surface area contributed by atoms with Crippen molar-refractivity contribution in [2.45, 2.75) is 13.5 Å². The molecular formula is C14H15N5. The first-order valence-corrected chi connectivity index (χ1v) is 6.11. The number of aromatic nitrogens is 3. The van der Waals surface area contributed by atoms with E-state index in [1.165, 1.54) is 0 Å². The van der Waals surface area contributed by atoms with Crippen LogP contribution >= 0.6 is 0 Å². The number of para-hydroxylation sites is 1. The van der Waals surface area contributed by atoms with Gasteiger partial charge in [-0.25, -0.2) is 0 Å². The zero-order valence-corrected chi connectivity index (χ0v) is 10.6. The average molecular weight is 253 g/mol. The third kappa shape index (κ3) is 2.10. The number of anilines is 2. The quantitative estimate of drug-likeness (QED) is 0.670. The fourth-order valence-corrected chi connectivity index (χ4v) is 2.09. The highest BCUT2D eigenvalue weighted by Crippen LogP contribution is 2.28. The van der Waals surface area contributed by atoms with Crippen LogP contribution in [-0.2, 0) is 6.54 Å². The van der Waals surface area contributed by atoms with Crippen LogP contribution in [0.3, 0.4) is 0 Å². The van der Waals surface area contributed by atoms with Crippen molar-refractivity contribution in [2.24, 2.45) is 0 Å². The average Bonchev–Trinajstić information content (AvgIpc) is 2.83. The molecule has 0 saturated heterocycles. The first-order chi connectivity index (χ1) is 9.25. The highest BCUT2D eigenvalue weighted by Gasteiger charge is 2.07. The molecule has 0 aliphatic heterocycles. The van der Waals surface area contributed by atoms with Gasteiger partial charge in [0.15, 0.2) is 0 Å². The standard InChI is InChI=1S/C14H15N5/c1-9-10(7-18-19-9)6-17-14-11-4-2-3-5-13(11)16-8-12(14)15/h2-5,7-8H,6,15H2,1H3,(H,16,17)(H,18,19). The Hall–Kier alpha value is -2.56. The number of hydrogen-bond acceptors (Lipinski definition) is 4. The number of hydrogen-bond donors (Lipinski definition) is 3. The van der Waals surface area contributed by atoms with E-state index in [9.17, 15) is 0 Å². The van der Waals surface area contributed by atoms with Gasteiger partial charge in [-0.3, -0.25) is 10.1 Å². The largest absolute Gasteiger partial charge is 0.396 e. The second kappa shape index (κ2) is 4.61. The smallest absolute Gasteiger partial charge is 0.0743 e. The Bertz CT molecular complexity index is 717.